The van der Waals surface area contributed by atoms with Crippen molar-refractivity contribution in [1.82, 2.24) is 9.80 Å². The number of thioether (sulfide) groups is 1. The van der Waals surface area contributed by atoms with E-state index in [0.717, 1.165) is 16.8 Å². The molecular weight excluding hydrogens is 607 g/mol. The topological polar surface area (TPSA) is 81.2 Å². The number of nitrogens with zero attached hydrogens (tertiary/aromatic N) is 3. The largest absolute Gasteiger partial charge is 0.394 e. The molecule has 3 saturated heterocycles. The summed E-state index contributed by atoms with van der Waals surface area (Å²) in [6, 6.07) is 27.5. The van der Waals surface area contributed by atoms with Gasteiger partial charge in [-0.1, -0.05) is 91.0 Å². The molecule has 3 aliphatic rings. The van der Waals surface area contributed by atoms with Crippen LogP contribution >= 0.6 is 11.8 Å². The lowest BCUT2D eigenvalue weighted by Gasteiger charge is -2.39. The molecule has 6 atom stereocenters. The quantitative estimate of drug-likeness (QED) is 0.247. The van der Waals surface area contributed by atoms with Gasteiger partial charge in [0, 0.05) is 30.1 Å². The smallest absolute Gasteiger partial charge is 0.247 e. The molecule has 6 rings (SSSR count). The number of amides is 3. The number of fused-ring (bicyclic) bond motifs is 1. The number of hydrogen-bond acceptors (Lipinski definition) is 5. The lowest BCUT2D eigenvalue weighted by molar-refractivity contribution is -0.146. The molecule has 3 heterocycles. The second-order valence-corrected chi connectivity index (χ2v) is 15.0. The fraction of sp³-hybridized carbons (Fsp3) is 0.359. The van der Waals surface area contributed by atoms with Crippen molar-refractivity contribution in [3.63, 3.8) is 0 Å². The van der Waals surface area contributed by atoms with Gasteiger partial charge < -0.3 is 19.8 Å². The molecule has 3 aliphatic heterocycles. The van der Waals surface area contributed by atoms with Gasteiger partial charge in [0.05, 0.1) is 29.2 Å². The summed E-state index contributed by atoms with van der Waals surface area (Å²) in [6.07, 6.45) is 5.14. The number of rotatable bonds is 13. The van der Waals surface area contributed by atoms with Crippen molar-refractivity contribution in [3.05, 3.63) is 127 Å². The first-order chi connectivity index (χ1) is 22.8. The third kappa shape index (κ3) is 5.82. The average Bonchev–Trinajstić information content (AvgIpc) is 3.67. The molecule has 7 nitrogen and oxygen atoms in total. The first-order valence-corrected chi connectivity index (χ1v) is 17.2. The number of benzene rings is 3. The lowest BCUT2D eigenvalue weighted by atomic mass is 9.66. The maximum atomic E-state index is 15.0. The Morgan fingerprint density at radius 2 is 1.51 bits per heavy atom. The summed E-state index contributed by atoms with van der Waals surface area (Å²) in [7, 11) is 0. The fourth-order valence-corrected chi connectivity index (χ4v) is 10.5. The number of anilines is 1. The average molecular weight is 650 g/mol. The molecule has 3 fully saturated rings. The molecule has 2 bridgehead atoms. The SMILES string of the molecule is C=CCN(Cc1ccccc1)C(=O)C1N([C@@H](CO)Cc2ccccc2)C(=O)[C@@H]2[C@@H](C(=O)N(CC=C)c3ccccc3)[C@@]3(C)CCC12S3. The van der Waals surface area contributed by atoms with Crippen LogP contribution in [0.25, 0.3) is 0 Å². The summed E-state index contributed by atoms with van der Waals surface area (Å²) >= 11 is 1.65. The van der Waals surface area contributed by atoms with E-state index < -0.39 is 33.4 Å². The van der Waals surface area contributed by atoms with Crippen LogP contribution in [-0.4, -0.2) is 73.9 Å². The van der Waals surface area contributed by atoms with Crippen LogP contribution in [0.5, 0.6) is 0 Å². The Bertz CT molecular complexity index is 1620. The van der Waals surface area contributed by atoms with Crippen molar-refractivity contribution in [2.75, 3.05) is 24.6 Å². The zero-order chi connectivity index (χ0) is 33.2. The molecule has 8 heteroatoms. The zero-order valence-corrected chi connectivity index (χ0v) is 27.7. The summed E-state index contributed by atoms with van der Waals surface area (Å²) < 4.78 is -1.35. The number of carbonyl (C=O) groups is 3. The van der Waals surface area contributed by atoms with E-state index in [1.165, 1.54) is 0 Å². The third-order valence-corrected chi connectivity index (χ3v) is 12.1. The molecule has 1 N–H and O–H groups in total. The number of hydrogen-bond donors (Lipinski definition) is 1. The normalized spacial score (nSPS) is 26.5. The van der Waals surface area contributed by atoms with E-state index in [1.807, 2.05) is 91.0 Å². The third-order valence-electron chi connectivity index (χ3n) is 10.2. The molecular formula is C39H43N3O4S. The van der Waals surface area contributed by atoms with Gasteiger partial charge in [-0.05, 0) is 49.4 Å². The van der Waals surface area contributed by atoms with Gasteiger partial charge in [0.2, 0.25) is 17.7 Å². The highest BCUT2D eigenvalue weighted by Crippen LogP contribution is 2.72. The van der Waals surface area contributed by atoms with Gasteiger partial charge >= 0.3 is 0 Å². The van der Waals surface area contributed by atoms with E-state index in [-0.39, 0.29) is 24.3 Å². The Kier molecular flexibility index (Phi) is 9.44. The Hall–Kier alpha value is -4.14. The van der Waals surface area contributed by atoms with E-state index in [1.54, 1.807) is 38.6 Å². The van der Waals surface area contributed by atoms with Crippen molar-refractivity contribution >= 4 is 35.2 Å². The molecule has 47 heavy (non-hydrogen) atoms. The predicted molar refractivity (Wildman–Crippen MR) is 188 cm³/mol. The number of aliphatic hydroxyl groups is 1. The Labute approximate surface area is 281 Å². The van der Waals surface area contributed by atoms with Gasteiger partial charge in [-0.2, -0.15) is 0 Å². The van der Waals surface area contributed by atoms with E-state index in [0.29, 0.717) is 38.9 Å². The van der Waals surface area contributed by atoms with Gasteiger partial charge in [0.1, 0.15) is 6.04 Å². The molecule has 0 saturated carbocycles. The Morgan fingerprint density at radius 3 is 2.11 bits per heavy atom. The van der Waals surface area contributed by atoms with Crippen LogP contribution in [-0.2, 0) is 27.3 Å². The number of para-hydroxylation sites is 1. The minimum atomic E-state index is -0.848. The van der Waals surface area contributed by atoms with Crippen LogP contribution in [0, 0.1) is 11.8 Å². The van der Waals surface area contributed by atoms with E-state index in [4.69, 9.17) is 0 Å². The standard InChI is InChI=1S/C39H43N3O4S/c1-4-23-40(26-29-17-11-7-12-18-29)37(46)34-39-22-21-38(3,47-39)32(35(44)41(24-5-2)30-19-13-8-14-20-30)33(39)36(45)42(34)31(27-43)25-28-15-9-6-10-16-28/h4-20,31-34,43H,1-2,21-27H2,3H3/t31-,32+,33+,34?,38-,39?/m1/s1. The van der Waals surface area contributed by atoms with Crippen LogP contribution in [0.15, 0.2) is 116 Å². The predicted octanol–water partition coefficient (Wildman–Crippen LogP) is 5.51. The minimum Gasteiger partial charge on any atom is -0.394 e. The highest BCUT2D eigenvalue weighted by Gasteiger charge is 2.78. The molecule has 1 spiro atoms. The van der Waals surface area contributed by atoms with Gasteiger partial charge in [-0.3, -0.25) is 14.4 Å². The fourth-order valence-electron chi connectivity index (χ4n) is 8.14. The molecule has 3 aromatic rings. The van der Waals surface area contributed by atoms with Gasteiger partial charge in [-0.15, -0.1) is 24.9 Å². The van der Waals surface area contributed by atoms with Crippen molar-refractivity contribution < 1.29 is 19.5 Å². The molecule has 244 valence electrons. The first-order valence-electron chi connectivity index (χ1n) is 16.4. The number of aliphatic hydroxyl groups excluding tert-OH is 1. The molecule has 0 aromatic heterocycles. The summed E-state index contributed by atoms with van der Waals surface area (Å²) in [6.45, 7) is 10.6. The highest BCUT2D eigenvalue weighted by molar-refractivity contribution is 8.02. The maximum Gasteiger partial charge on any atom is 0.247 e. The molecule has 3 aromatic carbocycles. The molecule has 0 aliphatic carbocycles. The van der Waals surface area contributed by atoms with Crippen LogP contribution in [0.4, 0.5) is 5.69 Å². The molecule has 3 amide bonds. The number of likely N-dealkylation sites (tertiary alicyclic amines) is 1. The Morgan fingerprint density at radius 1 is 0.915 bits per heavy atom. The van der Waals surface area contributed by atoms with E-state index >= 15 is 9.59 Å². The minimum absolute atomic E-state index is 0.130. The van der Waals surface area contributed by atoms with Gasteiger partial charge in [0.25, 0.3) is 0 Å². The summed E-state index contributed by atoms with van der Waals surface area (Å²) in [5.41, 5.74) is 2.68. The maximum absolute atomic E-state index is 15.0. The Balaban J connectivity index is 1.45. The van der Waals surface area contributed by atoms with Crippen LogP contribution in [0.2, 0.25) is 0 Å². The van der Waals surface area contributed by atoms with Crippen LogP contribution in [0.1, 0.15) is 30.9 Å². The first kappa shape index (κ1) is 32.8. The van der Waals surface area contributed by atoms with Crippen molar-refractivity contribution in [2.45, 2.75) is 54.3 Å². The summed E-state index contributed by atoms with van der Waals surface area (Å²) in [4.78, 5) is 49.9. The lowest BCUT2D eigenvalue weighted by Crippen LogP contribution is -2.57. The second-order valence-electron chi connectivity index (χ2n) is 13.1. The molecule has 2 unspecified atom stereocenters. The van der Waals surface area contributed by atoms with Crippen molar-refractivity contribution in [1.29, 1.82) is 0 Å². The van der Waals surface area contributed by atoms with Gasteiger partial charge in [0.15, 0.2) is 0 Å². The summed E-state index contributed by atoms with van der Waals surface area (Å²) in [5, 5.41) is 10.9. The van der Waals surface area contributed by atoms with E-state index in [2.05, 4.69) is 20.1 Å². The van der Waals surface area contributed by atoms with Crippen molar-refractivity contribution in [2.24, 2.45) is 11.8 Å². The second kappa shape index (κ2) is 13.5. The van der Waals surface area contributed by atoms with Crippen molar-refractivity contribution in [3.8, 4) is 0 Å². The van der Waals surface area contributed by atoms with Gasteiger partial charge in [-0.25, -0.2) is 0 Å². The monoisotopic (exact) mass is 649 g/mol. The zero-order valence-electron chi connectivity index (χ0n) is 26.9. The highest BCUT2D eigenvalue weighted by atomic mass is 32.2. The number of carbonyl (C=O) groups excluding carboxylic acids is 3. The molecule has 0 radical (unpaired) electrons. The van der Waals surface area contributed by atoms with Crippen LogP contribution in [0.3, 0.4) is 0 Å². The summed E-state index contributed by atoms with van der Waals surface area (Å²) in [5.74, 6) is -1.89. The van der Waals surface area contributed by atoms with Crippen LogP contribution < -0.4 is 4.90 Å². The van der Waals surface area contributed by atoms with E-state index in [9.17, 15) is 9.90 Å².